The van der Waals surface area contributed by atoms with Crippen LogP contribution in [0, 0.1) is 5.41 Å². The first-order chi connectivity index (χ1) is 10.1. The number of ether oxygens (including phenoxy) is 2. The predicted molar refractivity (Wildman–Crippen MR) is 77.7 cm³/mol. The second-order valence-electron chi connectivity index (χ2n) is 6.39. The van der Waals surface area contributed by atoms with Crippen LogP contribution < -0.4 is 5.73 Å². The lowest BCUT2D eigenvalue weighted by Gasteiger charge is -2.40. The zero-order valence-electron chi connectivity index (χ0n) is 13.4. The van der Waals surface area contributed by atoms with Gasteiger partial charge in [0.05, 0.1) is 6.42 Å². The summed E-state index contributed by atoms with van der Waals surface area (Å²) < 4.78 is 10.1. The molecule has 0 bridgehead atoms. The molecule has 7 nitrogen and oxygen atoms in total. The number of aliphatic carboxylic acids is 1. The first kappa shape index (κ1) is 18.4. The third-order valence-electron chi connectivity index (χ3n) is 4.00. The van der Waals surface area contributed by atoms with Crippen LogP contribution in [0.3, 0.4) is 0 Å². The van der Waals surface area contributed by atoms with Gasteiger partial charge in [0.25, 0.3) is 5.79 Å². The van der Waals surface area contributed by atoms with Crippen LogP contribution in [-0.2, 0) is 23.9 Å². The molecule has 7 heteroatoms. The Hall–Kier alpha value is -1.63. The molecule has 0 aromatic carbocycles. The third-order valence-corrected chi connectivity index (χ3v) is 4.00. The minimum absolute atomic E-state index is 0.169. The van der Waals surface area contributed by atoms with E-state index in [-0.39, 0.29) is 6.42 Å². The summed E-state index contributed by atoms with van der Waals surface area (Å²) in [5.41, 5.74) is 5.24. The number of carbonyl (C=O) groups is 3. The summed E-state index contributed by atoms with van der Waals surface area (Å²) in [6, 6.07) is -1.06. The number of hydrogen-bond donors (Lipinski definition) is 2. The number of hydrogen-bond acceptors (Lipinski definition) is 6. The van der Waals surface area contributed by atoms with Gasteiger partial charge in [-0.05, 0) is 12.8 Å². The highest BCUT2D eigenvalue weighted by Gasteiger charge is 2.45. The van der Waals surface area contributed by atoms with Crippen LogP contribution in [0.5, 0.6) is 0 Å². The number of nitrogens with two attached hydrogens (primary N) is 1. The summed E-state index contributed by atoms with van der Waals surface area (Å²) in [5.74, 6) is -3.73. The Balaban J connectivity index is 2.84. The van der Waals surface area contributed by atoms with Crippen LogP contribution in [0.15, 0.2) is 0 Å². The number of rotatable bonds is 6. The minimum Gasteiger partial charge on any atom is -0.481 e. The summed E-state index contributed by atoms with van der Waals surface area (Å²) in [6.45, 7) is 4.08. The SMILES string of the molecule is CC(=O)OC(C)(C)OC(=O)C(N)C1(CC(=O)O)CCCCC1. The Morgan fingerprint density at radius 3 is 2.18 bits per heavy atom. The van der Waals surface area contributed by atoms with Crippen molar-refractivity contribution in [3.05, 3.63) is 0 Å². The van der Waals surface area contributed by atoms with Crippen LogP contribution >= 0.6 is 0 Å². The van der Waals surface area contributed by atoms with Crippen LogP contribution in [-0.4, -0.2) is 34.8 Å². The van der Waals surface area contributed by atoms with Crippen molar-refractivity contribution in [3.8, 4) is 0 Å². The van der Waals surface area contributed by atoms with Crippen molar-refractivity contribution in [2.24, 2.45) is 11.1 Å². The van der Waals surface area contributed by atoms with Gasteiger partial charge >= 0.3 is 17.9 Å². The largest absolute Gasteiger partial charge is 0.481 e. The van der Waals surface area contributed by atoms with Gasteiger partial charge in [0.15, 0.2) is 0 Å². The van der Waals surface area contributed by atoms with E-state index in [1.165, 1.54) is 20.8 Å². The maximum Gasteiger partial charge on any atom is 0.326 e. The van der Waals surface area contributed by atoms with Gasteiger partial charge < -0.3 is 20.3 Å². The van der Waals surface area contributed by atoms with Crippen molar-refractivity contribution in [3.63, 3.8) is 0 Å². The van der Waals surface area contributed by atoms with Gasteiger partial charge in [-0.1, -0.05) is 19.3 Å². The van der Waals surface area contributed by atoms with E-state index < -0.39 is 35.2 Å². The fraction of sp³-hybridized carbons (Fsp3) is 0.800. The van der Waals surface area contributed by atoms with Crippen LogP contribution in [0.4, 0.5) is 0 Å². The highest BCUT2D eigenvalue weighted by Crippen LogP contribution is 2.42. The second kappa shape index (κ2) is 7.09. The maximum atomic E-state index is 12.3. The molecule has 126 valence electrons. The van der Waals surface area contributed by atoms with E-state index >= 15 is 0 Å². The molecule has 3 N–H and O–H groups in total. The lowest BCUT2D eigenvalue weighted by molar-refractivity contribution is -0.217. The predicted octanol–water partition coefficient (Wildman–Crippen LogP) is 1.58. The Labute approximate surface area is 130 Å². The van der Waals surface area contributed by atoms with Crippen LogP contribution in [0.2, 0.25) is 0 Å². The molecule has 1 aliphatic carbocycles. The summed E-state index contributed by atoms with van der Waals surface area (Å²) in [4.78, 5) is 34.4. The molecular formula is C15H25NO6. The molecule has 22 heavy (non-hydrogen) atoms. The molecule has 1 saturated carbocycles. The van der Waals surface area contributed by atoms with Gasteiger partial charge in [-0.25, -0.2) is 0 Å². The fourth-order valence-corrected chi connectivity index (χ4v) is 3.08. The topological polar surface area (TPSA) is 116 Å². The standard InChI is InChI=1S/C15H25NO6/c1-10(17)21-14(2,3)22-13(20)12(16)15(9-11(18)19)7-5-4-6-8-15/h12H,4-9,16H2,1-3H3,(H,18,19). The maximum absolute atomic E-state index is 12.3. The van der Waals surface area contributed by atoms with Crippen molar-refractivity contribution in [2.45, 2.75) is 71.1 Å². The monoisotopic (exact) mass is 315 g/mol. The van der Waals surface area contributed by atoms with Crippen molar-refractivity contribution in [1.82, 2.24) is 0 Å². The average molecular weight is 315 g/mol. The van der Waals surface area contributed by atoms with Gasteiger partial charge in [0.2, 0.25) is 0 Å². The molecule has 1 aliphatic rings. The summed E-state index contributed by atoms with van der Waals surface area (Å²) in [6.07, 6.45) is 3.65. The van der Waals surface area contributed by atoms with E-state index in [1.807, 2.05) is 0 Å². The third kappa shape index (κ3) is 4.98. The van der Waals surface area contributed by atoms with E-state index in [2.05, 4.69) is 0 Å². The summed E-state index contributed by atoms with van der Waals surface area (Å²) in [7, 11) is 0. The van der Waals surface area contributed by atoms with E-state index in [4.69, 9.17) is 20.3 Å². The first-order valence-corrected chi connectivity index (χ1v) is 7.48. The molecule has 0 spiro atoms. The zero-order chi connectivity index (χ0) is 17.0. The molecule has 1 unspecified atom stereocenters. The van der Waals surface area contributed by atoms with Gasteiger partial charge in [-0.3, -0.25) is 14.4 Å². The zero-order valence-corrected chi connectivity index (χ0v) is 13.4. The highest BCUT2D eigenvalue weighted by atomic mass is 16.7. The molecule has 0 heterocycles. The Morgan fingerprint density at radius 1 is 1.18 bits per heavy atom. The normalized spacial score (nSPS) is 19.1. The fourth-order valence-electron chi connectivity index (χ4n) is 3.08. The molecule has 0 saturated heterocycles. The lowest BCUT2D eigenvalue weighted by atomic mass is 9.67. The van der Waals surface area contributed by atoms with E-state index in [1.54, 1.807) is 0 Å². The van der Waals surface area contributed by atoms with E-state index in [9.17, 15) is 14.4 Å². The molecule has 0 aromatic rings. The molecule has 1 fully saturated rings. The Bertz CT molecular complexity index is 439. The highest BCUT2D eigenvalue weighted by molar-refractivity contribution is 5.79. The van der Waals surface area contributed by atoms with Gasteiger partial charge in [0.1, 0.15) is 6.04 Å². The van der Waals surface area contributed by atoms with Gasteiger partial charge in [-0.2, -0.15) is 0 Å². The summed E-state index contributed by atoms with van der Waals surface area (Å²) >= 11 is 0. The average Bonchev–Trinajstić information content (AvgIpc) is 2.35. The first-order valence-electron chi connectivity index (χ1n) is 7.48. The van der Waals surface area contributed by atoms with E-state index in [0.29, 0.717) is 12.8 Å². The van der Waals surface area contributed by atoms with E-state index in [0.717, 1.165) is 19.3 Å². The van der Waals surface area contributed by atoms with Gasteiger partial charge in [0, 0.05) is 26.2 Å². The number of carboxylic acids is 1. The van der Waals surface area contributed by atoms with Crippen molar-refractivity contribution in [1.29, 1.82) is 0 Å². The molecule has 0 radical (unpaired) electrons. The van der Waals surface area contributed by atoms with Crippen LogP contribution in [0.1, 0.15) is 59.3 Å². The van der Waals surface area contributed by atoms with Crippen molar-refractivity contribution in [2.75, 3.05) is 0 Å². The quantitative estimate of drug-likeness (QED) is 0.564. The molecule has 0 amide bonds. The van der Waals surface area contributed by atoms with Gasteiger partial charge in [-0.15, -0.1) is 0 Å². The Kier molecular flexibility index (Phi) is 5.93. The van der Waals surface area contributed by atoms with Crippen molar-refractivity contribution >= 4 is 17.9 Å². The summed E-state index contributed by atoms with van der Waals surface area (Å²) in [5, 5.41) is 9.14. The van der Waals surface area contributed by atoms with Crippen molar-refractivity contribution < 1.29 is 29.0 Å². The smallest absolute Gasteiger partial charge is 0.326 e. The lowest BCUT2D eigenvalue weighted by Crippen LogP contribution is -2.52. The molecule has 1 rings (SSSR count). The minimum atomic E-state index is -1.43. The number of esters is 2. The molecule has 0 aliphatic heterocycles. The number of carboxylic acid groups (broad SMARTS) is 1. The second-order valence-corrected chi connectivity index (χ2v) is 6.39. The molecule has 0 aromatic heterocycles. The van der Waals surface area contributed by atoms with Crippen LogP contribution in [0.25, 0.3) is 0 Å². The molecular weight excluding hydrogens is 290 g/mol. The Morgan fingerprint density at radius 2 is 1.73 bits per heavy atom. The number of carbonyl (C=O) groups excluding carboxylic acids is 2. The molecule has 1 atom stereocenters.